The average Bonchev–Trinajstić information content (AvgIpc) is 2.71. The van der Waals surface area contributed by atoms with Gasteiger partial charge in [-0.05, 0) is 0 Å². The number of carbonyl (C=O) groups excluding carboxylic acids is 1. The summed E-state index contributed by atoms with van der Waals surface area (Å²) in [5.41, 5.74) is 0.686. The molecule has 0 spiro atoms. The van der Waals surface area contributed by atoms with Gasteiger partial charge in [-0.3, -0.25) is 0 Å². The third-order valence-corrected chi connectivity index (χ3v) is 14.6. The van der Waals surface area contributed by atoms with E-state index in [0.717, 1.165) is 10.9 Å². The van der Waals surface area contributed by atoms with E-state index in [0.29, 0.717) is 5.56 Å². The van der Waals surface area contributed by atoms with Crippen LogP contribution in [0.1, 0.15) is 31.1 Å². The summed E-state index contributed by atoms with van der Waals surface area (Å²) < 4.78 is 6.68. The van der Waals surface area contributed by atoms with Crippen LogP contribution < -0.4 is 4.59 Å². The molecule has 0 bridgehead atoms. The van der Waals surface area contributed by atoms with Gasteiger partial charge < -0.3 is 0 Å². The fourth-order valence-corrected chi connectivity index (χ4v) is 8.94. The van der Waals surface area contributed by atoms with Crippen molar-refractivity contribution in [2.24, 2.45) is 0 Å². The molecule has 1 aromatic heterocycles. The van der Waals surface area contributed by atoms with Gasteiger partial charge in [0.05, 0.1) is 0 Å². The number of aldehydes is 1. The van der Waals surface area contributed by atoms with Gasteiger partial charge >= 0.3 is 87.8 Å². The first-order chi connectivity index (χ1) is 6.72. The molecule has 0 unspecified atom stereocenters. The van der Waals surface area contributed by atoms with Crippen LogP contribution in [0.25, 0.3) is 0 Å². The van der Waals surface area contributed by atoms with Gasteiger partial charge in [-0.1, -0.05) is 0 Å². The fraction of sp³-hybridized carbons (Fsp3) is 0.545. The van der Waals surface area contributed by atoms with Crippen molar-refractivity contribution in [1.29, 1.82) is 0 Å². The third-order valence-electron chi connectivity index (χ3n) is 3.31. The van der Waals surface area contributed by atoms with Crippen LogP contribution in [0.4, 0.5) is 0 Å². The van der Waals surface area contributed by atoms with Crippen LogP contribution in [0.2, 0.25) is 15.8 Å². The molecule has 0 aliphatic heterocycles. The Hall–Kier alpha value is -0.507. The quantitative estimate of drug-likeness (QED) is 0.598. The summed E-state index contributed by atoms with van der Waals surface area (Å²) >= 11 is -1.95. The van der Waals surface area contributed by atoms with E-state index in [-0.39, 0.29) is 0 Å². The van der Waals surface area contributed by atoms with Gasteiger partial charge in [-0.25, -0.2) is 0 Å². The molecule has 0 aliphatic carbocycles. The van der Waals surface area contributed by atoms with E-state index >= 15 is 0 Å². The van der Waals surface area contributed by atoms with Crippen molar-refractivity contribution in [3.8, 4) is 0 Å². The zero-order chi connectivity index (χ0) is 10.6. The molecule has 0 saturated carbocycles. The molecule has 0 N–H and O–H groups in total. The first kappa shape index (κ1) is 11.6. The SMILES string of the molecule is C[CH2][Ge]([CH2]C)([CH2]C)[c]1cc(C=O)co1. The van der Waals surface area contributed by atoms with E-state index < -0.39 is 13.3 Å². The van der Waals surface area contributed by atoms with Gasteiger partial charge in [0.25, 0.3) is 0 Å². The molecule has 1 rings (SSSR count). The molecule has 0 aromatic carbocycles. The van der Waals surface area contributed by atoms with Crippen LogP contribution in [0.15, 0.2) is 16.7 Å². The first-order valence-electron chi connectivity index (χ1n) is 5.26. The third kappa shape index (κ3) is 1.95. The molecular weight excluding hydrogens is 237 g/mol. The molecule has 0 radical (unpaired) electrons. The molecule has 0 amide bonds. The Bertz CT molecular complexity index is 292. The van der Waals surface area contributed by atoms with E-state index in [1.54, 1.807) is 6.26 Å². The van der Waals surface area contributed by atoms with Crippen molar-refractivity contribution in [3.05, 3.63) is 17.9 Å². The molecule has 3 heteroatoms. The molecule has 14 heavy (non-hydrogen) atoms. The Morgan fingerprint density at radius 3 is 2.21 bits per heavy atom. The molecule has 0 aliphatic rings. The van der Waals surface area contributed by atoms with E-state index in [1.807, 2.05) is 6.07 Å². The minimum absolute atomic E-state index is 0.686. The van der Waals surface area contributed by atoms with Crippen molar-refractivity contribution in [2.75, 3.05) is 0 Å². The second-order valence-electron chi connectivity index (χ2n) is 3.70. The van der Waals surface area contributed by atoms with Crippen molar-refractivity contribution in [1.82, 2.24) is 0 Å². The second-order valence-corrected chi connectivity index (χ2v) is 14.6. The monoisotopic (exact) mass is 256 g/mol. The van der Waals surface area contributed by atoms with Crippen molar-refractivity contribution in [3.63, 3.8) is 0 Å². The molecule has 2 nitrogen and oxygen atoms in total. The van der Waals surface area contributed by atoms with Gasteiger partial charge in [0.1, 0.15) is 0 Å². The average molecular weight is 255 g/mol. The zero-order valence-electron chi connectivity index (χ0n) is 9.17. The Balaban J connectivity index is 3.04. The van der Waals surface area contributed by atoms with Gasteiger partial charge in [0.2, 0.25) is 0 Å². The van der Waals surface area contributed by atoms with Crippen LogP contribution in [0.5, 0.6) is 0 Å². The van der Waals surface area contributed by atoms with Gasteiger partial charge in [0, 0.05) is 0 Å². The Labute approximate surface area is 88.0 Å². The van der Waals surface area contributed by atoms with E-state index in [9.17, 15) is 4.79 Å². The number of carbonyl (C=O) groups is 1. The molecule has 1 aromatic rings. The molecule has 0 atom stereocenters. The van der Waals surface area contributed by atoms with Gasteiger partial charge in [-0.2, -0.15) is 0 Å². The standard InChI is InChI=1S/C11H18GeO2/c1-4-12(5-2,6-3)11-7-10(8-13)9-14-11/h7-9H,4-6H2,1-3H3. The number of hydrogen-bond acceptors (Lipinski definition) is 2. The van der Waals surface area contributed by atoms with Crippen molar-refractivity contribution >= 4 is 24.1 Å². The summed E-state index contributed by atoms with van der Waals surface area (Å²) in [5.74, 6) is 0. The zero-order valence-corrected chi connectivity index (χ0v) is 11.3. The summed E-state index contributed by atoms with van der Waals surface area (Å²) in [4.78, 5) is 10.6. The van der Waals surface area contributed by atoms with E-state index in [1.165, 1.54) is 15.8 Å². The van der Waals surface area contributed by atoms with Crippen molar-refractivity contribution in [2.45, 2.75) is 36.5 Å². The number of rotatable bonds is 5. The fourth-order valence-electron chi connectivity index (χ4n) is 1.96. The number of furan rings is 1. The van der Waals surface area contributed by atoms with Crippen molar-refractivity contribution < 1.29 is 9.21 Å². The second kappa shape index (κ2) is 4.83. The molecule has 78 valence electrons. The maximum atomic E-state index is 10.6. The molecule has 0 fully saturated rings. The first-order valence-corrected chi connectivity index (χ1v) is 10.8. The summed E-state index contributed by atoms with van der Waals surface area (Å²) in [6.45, 7) is 6.74. The maximum absolute atomic E-state index is 10.6. The normalized spacial score (nSPS) is 11.6. The Morgan fingerprint density at radius 1 is 1.29 bits per heavy atom. The van der Waals surface area contributed by atoms with E-state index in [4.69, 9.17) is 4.42 Å². The number of hydrogen-bond donors (Lipinski definition) is 0. The summed E-state index contributed by atoms with van der Waals surface area (Å²) in [5, 5.41) is 3.70. The summed E-state index contributed by atoms with van der Waals surface area (Å²) in [7, 11) is 0. The van der Waals surface area contributed by atoms with Crippen LogP contribution in [0, 0.1) is 0 Å². The van der Waals surface area contributed by atoms with E-state index in [2.05, 4.69) is 20.8 Å². The Kier molecular flexibility index (Phi) is 3.99. The van der Waals surface area contributed by atoms with Crippen LogP contribution in [-0.2, 0) is 0 Å². The van der Waals surface area contributed by atoms with Crippen LogP contribution in [-0.4, -0.2) is 19.6 Å². The topological polar surface area (TPSA) is 30.2 Å². The van der Waals surface area contributed by atoms with Gasteiger partial charge in [-0.15, -0.1) is 0 Å². The minimum atomic E-state index is -1.95. The molecule has 0 saturated heterocycles. The predicted octanol–water partition coefficient (Wildman–Crippen LogP) is 2.81. The molecular formula is C11H18GeO2. The summed E-state index contributed by atoms with van der Waals surface area (Å²) in [6, 6.07) is 1.95. The Morgan fingerprint density at radius 2 is 1.86 bits per heavy atom. The summed E-state index contributed by atoms with van der Waals surface area (Å²) in [6.07, 6.45) is 2.45. The van der Waals surface area contributed by atoms with Crippen LogP contribution in [0.3, 0.4) is 0 Å². The molecule has 1 heterocycles. The van der Waals surface area contributed by atoms with Gasteiger partial charge in [0.15, 0.2) is 0 Å². The van der Waals surface area contributed by atoms with Crippen LogP contribution >= 0.6 is 0 Å². The predicted molar refractivity (Wildman–Crippen MR) is 60.9 cm³/mol.